The Balaban J connectivity index is 1.75. The number of esters is 1. The Morgan fingerprint density at radius 2 is 2.03 bits per heavy atom. The highest BCUT2D eigenvalue weighted by atomic mass is 32.1. The molecule has 0 unspecified atom stereocenters. The number of ether oxygens (including phenoxy) is 3. The minimum absolute atomic E-state index is 0.0448. The first-order valence-electron chi connectivity index (χ1n) is 9.07. The molecule has 154 valence electrons. The van der Waals surface area contributed by atoms with Gasteiger partial charge in [-0.3, -0.25) is 0 Å². The third kappa shape index (κ3) is 4.13. The van der Waals surface area contributed by atoms with E-state index in [-0.39, 0.29) is 6.61 Å². The van der Waals surface area contributed by atoms with E-state index in [0.717, 1.165) is 21.8 Å². The van der Waals surface area contributed by atoms with Crippen LogP contribution in [0.25, 0.3) is 10.6 Å². The fourth-order valence-corrected chi connectivity index (χ4v) is 4.19. The van der Waals surface area contributed by atoms with Crippen molar-refractivity contribution in [2.75, 3.05) is 14.2 Å². The predicted octanol–water partition coefficient (Wildman–Crippen LogP) is 4.18. The predicted molar refractivity (Wildman–Crippen MR) is 111 cm³/mol. The zero-order valence-corrected chi connectivity index (χ0v) is 17.8. The molecular weight excluding hydrogens is 392 g/mol. The van der Waals surface area contributed by atoms with Gasteiger partial charge >= 0.3 is 5.97 Å². The van der Waals surface area contributed by atoms with E-state index < -0.39 is 12.1 Å². The molecule has 0 radical (unpaired) electrons. The molecule has 1 aromatic carbocycles. The molecule has 0 aliphatic carbocycles. The topological polar surface area (TPSA) is 93.7 Å². The van der Waals surface area contributed by atoms with Gasteiger partial charge in [-0.05, 0) is 38.5 Å². The quantitative estimate of drug-likeness (QED) is 0.561. The summed E-state index contributed by atoms with van der Waals surface area (Å²) in [5.74, 6) is 0.752. The standard InChI is InChI=1S/C21H24N2O5S/c1-11-17(13(3)24)12(2)22-18(11)21(25)28-9-14-10-29-20(23-14)15-7-6-8-16(26-4)19(15)27-5/h6-8,10,13,22,24H,9H2,1-5H3/t13-/m0/s1. The van der Waals surface area contributed by atoms with Crippen molar-refractivity contribution < 1.29 is 24.1 Å². The Morgan fingerprint density at radius 1 is 1.28 bits per heavy atom. The van der Waals surface area contributed by atoms with E-state index in [1.807, 2.05) is 30.5 Å². The van der Waals surface area contributed by atoms with E-state index in [2.05, 4.69) is 9.97 Å². The Morgan fingerprint density at radius 3 is 2.66 bits per heavy atom. The van der Waals surface area contributed by atoms with E-state index >= 15 is 0 Å². The van der Waals surface area contributed by atoms with Crippen molar-refractivity contribution in [1.29, 1.82) is 0 Å². The van der Waals surface area contributed by atoms with Gasteiger partial charge in [0.1, 0.15) is 17.3 Å². The number of hydrogen-bond acceptors (Lipinski definition) is 7. The molecule has 2 heterocycles. The van der Waals surface area contributed by atoms with Gasteiger partial charge in [-0.1, -0.05) is 6.07 Å². The minimum atomic E-state index is -0.660. The lowest BCUT2D eigenvalue weighted by molar-refractivity contribution is 0.0461. The number of aromatic amines is 1. The normalized spacial score (nSPS) is 11.9. The van der Waals surface area contributed by atoms with Crippen LogP contribution in [0.2, 0.25) is 0 Å². The maximum Gasteiger partial charge on any atom is 0.355 e. The molecule has 0 spiro atoms. The highest BCUT2D eigenvalue weighted by Gasteiger charge is 2.21. The second-order valence-corrected chi connectivity index (χ2v) is 7.46. The smallest absolute Gasteiger partial charge is 0.355 e. The number of hydrogen-bond donors (Lipinski definition) is 2. The molecule has 1 atom stereocenters. The second-order valence-electron chi connectivity index (χ2n) is 6.60. The van der Waals surface area contributed by atoms with Crippen LogP contribution in [-0.4, -0.2) is 35.3 Å². The highest BCUT2D eigenvalue weighted by molar-refractivity contribution is 7.13. The van der Waals surface area contributed by atoms with E-state index in [0.29, 0.717) is 28.5 Å². The average molecular weight is 416 g/mol. The molecule has 0 saturated heterocycles. The van der Waals surface area contributed by atoms with Gasteiger partial charge in [0.25, 0.3) is 0 Å². The number of aryl methyl sites for hydroxylation is 1. The van der Waals surface area contributed by atoms with E-state index in [4.69, 9.17) is 14.2 Å². The third-order valence-electron chi connectivity index (χ3n) is 4.65. The third-order valence-corrected chi connectivity index (χ3v) is 5.58. The molecule has 2 N–H and O–H groups in total. The van der Waals surface area contributed by atoms with Crippen molar-refractivity contribution in [3.8, 4) is 22.1 Å². The Kier molecular flexibility index (Phi) is 6.24. The van der Waals surface area contributed by atoms with Gasteiger partial charge in [-0.25, -0.2) is 9.78 Å². The lowest BCUT2D eigenvalue weighted by Crippen LogP contribution is -2.08. The van der Waals surface area contributed by atoms with Crippen LogP contribution in [0.3, 0.4) is 0 Å². The zero-order chi connectivity index (χ0) is 21.1. The number of carbonyl (C=O) groups is 1. The number of thiazole rings is 1. The molecule has 0 amide bonds. The van der Waals surface area contributed by atoms with Crippen LogP contribution < -0.4 is 9.47 Å². The number of carbonyl (C=O) groups excluding carboxylic acids is 1. The lowest BCUT2D eigenvalue weighted by Gasteiger charge is -2.10. The fourth-order valence-electron chi connectivity index (χ4n) is 3.36. The number of para-hydroxylation sites is 1. The Hall–Kier alpha value is -2.84. The molecule has 8 heteroatoms. The van der Waals surface area contributed by atoms with Crippen molar-refractivity contribution in [2.24, 2.45) is 0 Å². The summed E-state index contributed by atoms with van der Waals surface area (Å²) < 4.78 is 16.2. The molecule has 2 aromatic heterocycles. The molecule has 0 aliphatic heterocycles. The van der Waals surface area contributed by atoms with Crippen molar-refractivity contribution in [3.05, 3.63) is 51.8 Å². The van der Waals surface area contributed by atoms with Gasteiger partial charge in [-0.15, -0.1) is 11.3 Å². The van der Waals surface area contributed by atoms with Crippen LogP contribution in [0.1, 0.15) is 46.0 Å². The first-order valence-corrected chi connectivity index (χ1v) is 9.95. The van der Waals surface area contributed by atoms with E-state index in [1.54, 1.807) is 28.1 Å². The summed E-state index contributed by atoms with van der Waals surface area (Å²) in [6.45, 7) is 5.32. The minimum Gasteiger partial charge on any atom is -0.493 e. The number of rotatable bonds is 7. The summed E-state index contributed by atoms with van der Waals surface area (Å²) in [6.07, 6.45) is -0.660. The number of aliphatic hydroxyl groups is 1. The van der Waals surface area contributed by atoms with Crippen molar-refractivity contribution in [1.82, 2.24) is 9.97 Å². The van der Waals surface area contributed by atoms with Gasteiger partial charge in [0.15, 0.2) is 11.5 Å². The molecule has 3 aromatic rings. The largest absolute Gasteiger partial charge is 0.493 e. The van der Waals surface area contributed by atoms with Gasteiger partial charge in [0, 0.05) is 16.6 Å². The van der Waals surface area contributed by atoms with E-state index in [9.17, 15) is 9.90 Å². The summed E-state index contributed by atoms with van der Waals surface area (Å²) in [4.78, 5) is 20.1. The molecule has 29 heavy (non-hydrogen) atoms. The summed E-state index contributed by atoms with van der Waals surface area (Å²) in [7, 11) is 3.17. The number of aliphatic hydroxyl groups excluding tert-OH is 1. The Labute approximate surface area is 173 Å². The molecular formula is C21H24N2O5S. The van der Waals surface area contributed by atoms with Gasteiger partial charge < -0.3 is 24.3 Å². The molecule has 0 aliphatic rings. The molecule has 7 nitrogen and oxygen atoms in total. The molecule has 0 fully saturated rings. The SMILES string of the molecule is COc1cccc(-c2nc(COC(=O)c3[nH]c(C)c([C@H](C)O)c3C)cs2)c1OC. The monoisotopic (exact) mass is 416 g/mol. The number of H-pyrrole nitrogens is 1. The van der Waals surface area contributed by atoms with Crippen molar-refractivity contribution in [3.63, 3.8) is 0 Å². The Bertz CT molecular complexity index is 1020. The maximum atomic E-state index is 12.5. The van der Waals surface area contributed by atoms with Crippen LogP contribution in [0.15, 0.2) is 23.6 Å². The van der Waals surface area contributed by atoms with E-state index in [1.165, 1.54) is 11.3 Å². The first-order chi connectivity index (χ1) is 13.9. The number of aromatic nitrogens is 2. The van der Waals surface area contributed by atoms with Crippen LogP contribution in [0, 0.1) is 13.8 Å². The molecule has 0 saturated carbocycles. The first kappa shape index (κ1) is 20.9. The highest BCUT2D eigenvalue weighted by Crippen LogP contribution is 2.39. The lowest BCUT2D eigenvalue weighted by atomic mass is 10.1. The van der Waals surface area contributed by atoms with Crippen molar-refractivity contribution >= 4 is 17.3 Å². The zero-order valence-electron chi connectivity index (χ0n) is 17.0. The van der Waals surface area contributed by atoms with Crippen LogP contribution >= 0.6 is 11.3 Å². The van der Waals surface area contributed by atoms with Gasteiger partial charge in [0.05, 0.1) is 31.6 Å². The average Bonchev–Trinajstić information content (AvgIpc) is 3.29. The second kappa shape index (κ2) is 8.67. The maximum absolute atomic E-state index is 12.5. The summed E-state index contributed by atoms with van der Waals surface area (Å²) >= 11 is 1.43. The summed E-state index contributed by atoms with van der Waals surface area (Å²) in [5, 5.41) is 12.5. The summed E-state index contributed by atoms with van der Waals surface area (Å²) in [6, 6.07) is 5.59. The number of methoxy groups -OCH3 is 2. The molecule has 3 rings (SSSR count). The van der Waals surface area contributed by atoms with Gasteiger partial charge in [0.2, 0.25) is 0 Å². The van der Waals surface area contributed by atoms with Crippen LogP contribution in [0.4, 0.5) is 0 Å². The molecule has 0 bridgehead atoms. The number of nitrogens with zero attached hydrogens (tertiary/aromatic N) is 1. The summed E-state index contributed by atoms with van der Waals surface area (Å²) in [5.41, 5.74) is 3.97. The number of benzene rings is 1. The number of nitrogens with one attached hydrogen (secondary N) is 1. The van der Waals surface area contributed by atoms with Crippen LogP contribution in [-0.2, 0) is 11.3 Å². The van der Waals surface area contributed by atoms with Crippen molar-refractivity contribution in [2.45, 2.75) is 33.5 Å². The van der Waals surface area contributed by atoms with Gasteiger partial charge in [-0.2, -0.15) is 0 Å². The fraction of sp³-hybridized carbons (Fsp3) is 0.333. The van der Waals surface area contributed by atoms with Crippen LogP contribution in [0.5, 0.6) is 11.5 Å².